The summed E-state index contributed by atoms with van der Waals surface area (Å²) in [4.78, 5) is 39.2. The van der Waals surface area contributed by atoms with E-state index in [0.29, 0.717) is 62.6 Å². The number of amides is 3. The van der Waals surface area contributed by atoms with Gasteiger partial charge in [-0.25, -0.2) is 4.79 Å². The molecule has 0 aliphatic carbocycles. The summed E-state index contributed by atoms with van der Waals surface area (Å²) in [6.45, 7) is 5.58. The number of imide groups is 1. The first-order valence-corrected chi connectivity index (χ1v) is 17.3. The highest BCUT2D eigenvalue weighted by atomic mass is 79.9. The van der Waals surface area contributed by atoms with E-state index in [1.165, 1.54) is 12.0 Å². The molecule has 7 rings (SSSR count). The van der Waals surface area contributed by atoms with Crippen LogP contribution in [-0.4, -0.2) is 116 Å². The fraction of sp³-hybridized carbons (Fsp3) is 0.471. The molecular formula is C34H39Br2N5O5. The second-order valence-electron chi connectivity index (χ2n) is 12.9. The Kier molecular flexibility index (Phi) is 8.46. The predicted octanol–water partition coefficient (Wildman–Crippen LogP) is 5.06. The van der Waals surface area contributed by atoms with Crippen LogP contribution in [0.5, 0.6) is 11.5 Å². The number of hydrogen-bond acceptors (Lipinski definition) is 8. The molecule has 4 saturated heterocycles. The Morgan fingerprint density at radius 3 is 2.48 bits per heavy atom. The Hall–Kier alpha value is -2.90. The summed E-state index contributed by atoms with van der Waals surface area (Å²) in [6.07, 6.45) is 0.709. The van der Waals surface area contributed by atoms with Gasteiger partial charge in [0.2, 0.25) is 0 Å². The summed E-state index contributed by atoms with van der Waals surface area (Å²) in [7, 11) is 5.61. The largest absolute Gasteiger partial charge is 0.503 e. The first-order valence-electron chi connectivity index (χ1n) is 15.8. The Morgan fingerprint density at radius 2 is 1.76 bits per heavy atom. The molecule has 3 aromatic carbocycles. The molecule has 12 heteroatoms. The molecule has 1 N–H and O–H groups in total. The lowest BCUT2D eigenvalue weighted by atomic mass is 9.87. The van der Waals surface area contributed by atoms with Gasteiger partial charge in [0, 0.05) is 81.4 Å². The molecule has 0 unspecified atom stereocenters. The lowest BCUT2D eigenvalue weighted by Crippen LogP contribution is -2.51. The third kappa shape index (κ3) is 4.99. The summed E-state index contributed by atoms with van der Waals surface area (Å²) < 4.78 is 12.2. The maximum absolute atomic E-state index is 14.6. The number of phenols is 1. The van der Waals surface area contributed by atoms with E-state index in [4.69, 9.17) is 9.47 Å². The van der Waals surface area contributed by atoms with Crippen molar-refractivity contribution < 1.29 is 24.2 Å². The molecule has 3 atom stereocenters. The molecule has 0 radical (unpaired) electrons. The zero-order valence-electron chi connectivity index (χ0n) is 26.3. The van der Waals surface area contributed by atoms with Crippen molar-refractivity contribution in [3.63, 3.8) is 0 Å². The number of phenolic OH excluding ortho intramolecular Hbond substituents is 1. The van der Waals surface area contributed by atoms with Crippen molar-refractivity contribution in [1.82, 2.24) is 19.6 Å². The number of methoxy groups -OCH3 is 1. The van der Waals surface area contributed by atoms with Crippen LogP contribution in [0, 0.1) is 5.92 Å². The number of morpholine rings is 1. The Bertz CT molecular complexity index is 1700. The van der Waals surface area contributed by atoms with Crippen LogP contribution >= 0.6 is 31.9 Å². The van der Waals surface area contributed by atoms with Gasteiger partial charge in [0.25, 0.3) is 5.91 Å². The number of ether oxygens (including phenoxy) is 2. The highest BCUT2D eigenvalue weighted by Gasteiger charge is 2.70. The van der Waals surface area contributed by atoms with Gasteiger partial charge in [-0.05, 0) is 66.9 Å². The van der Waals surface area contributed by atoms with Crippen LogP contribution in [0.2, 0.25) is 0 Å². The van der Waals surface area contributed by atoms with Gasteiger partial charge in [-0.1, -0.05) is 30.3 Å². The molecule has 10 nitrogen and oxygen atoms in total. The highest BCUT2D eigenvalue weighted by Crippen LogP contribution is 2.56. The van der Waals surface area contributed by atoms with Crippen molar-refractivity contribution in [2.75, 3.05) is 78.6 Å². The van der Waals surface area contributed by atoms with E-state index >= 15 is 0 Å². The minimum Gasteiger partial charge on any atom is -0.503 e. The van der Waals surface area contributed by atoms with Crippen LogP contribution in [0.3, 0.4) is 0 Å². The summed E-state index contributed by atoms with van der Waals surface area (Å²) in [5, 5.41) is 12.7. The van der Waals surface area contributed by atoms with E-state index in [9.17, 15) is 14.7 Å². The first-order chi connectivity index (χ1) is 22.1. The summed E-state index contributed by atoms with van der Waals surface area (Å²) >= 11 is 7.12. The lowest BCUT2D eigenvalue weighted by Gasteiger charge is -2.33. The number of carbonyl (C=O) groups is 2. The standard InChI is InChI=1S/C34H39Br2N5O5/c1-37(2)26-9-8-25(23-6-4-5-7-24(23)26)27-17-22-19-39(18-21-16-28(45-3)31(42)30(36)29(21)35)20-34(22)32(43)40(33(44)41(27)34)11-10-38-12-14-46-15-13-38/h4-9,16,22,27,42H,10-15,17-20H2,1-3H3/t22-,27-,34+/m1/s1. The van der Waals surface area contributed by atoms with E-state index in [2.05, 4.69) is 76.9 Å². The molecule has 3 amide bonds. The third-order valence-corrected chi connectivity index (χ3v) is 12.5. The maximum atomic E-state index is 14.6. The van der Waals surface area contributed by atoms with Gasteiger partial charge in [-0.15, -0.1) is 0 Å². The molecular weight excluding hydrogens is 718 g/mol. The van der Waals surface area contributed by atoms with Gasteiger partial charge in [0.1, 0.15) is 5.54 Å². The van der Waals surface area contributed by atoms with E-state index in [0.717, 1.165) is 45.1 Å². The fourth-order valence-electron chi connectivity index (χ4n) is 8.08. The van der Waals surface area contributed by atoms with Gasteiger partial charge < -0.3 is 24.4 Å². The number of benzene rings is 3. The van der Waals surface area contributed by atoms with Crippen LogP contribution in [0.25, 0.3) is 10.8 Å². The summed E-state index contributed by atoms with van der Waals surface area (Å²) in [5.74, 6) is 0.289. The van der Waals surface area contributed by atoms with E-state index in [1.54, 1.807) is 0 Å². The number of rotatable bonds is 8. The van der Waals surface area contributed by atoms with Gasteiger partial charge in [0.15, 0.2) is 11.5 Å². The zero-order valence-corrected chi connectivity index (χ0v) is 29.5. The summed E-state index contributed by atoms with van der Waals surface area (Å²) in [6, 6.07) is 14.1. The molecule has 0 aromatic heterocycles. The Morgan fingerprint density at radius 1 is 1.02 bits per heavy atom. The number of hydrogen-bond donors (Lipinski definition) is 1. The Balaban J connectivity index is 1.25. The second kappa shape index (κ2) is 12.3. The number of anilines is 1. The highest BCUT2D eigenvalue weighted by molar-refractivity contribution is 9.13. The molecule has 4 fully saturated rings. The predicted molar refractivity (Wildman–Crippen MR) is 183 cm³/mol. The molecule has 0 bridgehead atoms. The first kappa shape index (κ1) is 31.7. The fourth-order valence-corrected chi connectivity index (χ4v) is 8.96. The molecule has 244 valence electrons. The molecule has 46 heavy (non-hydrogen) atoms. The smallest absolute Gasteiger partial charge is 0.328 e. The average molecular weight is 758 g/mol. The number of nitrogens with zero attached hydrogens (tertiary/aromatic N) is 5. The number of fused-ring (bicyclic) bond motifs is 1. The van der Waals surface area contributed by atoms with Crippen LogP contribution in [0.15, 0.2) is 51.4 Å². The van der Waals surface area contributed by atoms with Gasteiger partial charge in [-0.3, -0.25) is 19.5 Å². The monoisotopic (exact) mass is 755 g/mol. The van der Waals surface area contributed by atoms with Gasteiger partial charge in [-0.2, -0.15) is 0 Å². The summed E-state index contributed by atoms with van der Waals surface area (Å²) in [5.41, 5.74) is 2.19. The van der Waals surface area contributed by atoms with Crippen molar-refractivity contribution in [2.45, 2.75) is 24.5 Å². The quantitative estimate of drug-likeness (QED) is 0.320. The van der Waals surface area contributed by atoms with Crippen LogP contribution in [0.1, 0.15) is 23.6 Å². The maximum Gasteiger partial charge on any atom is 0.328 e. The second-order valence-corrected chi connectivity index (χ2v) is 14.5. The van der Waals surface area contributed by atoms with Crippen molar-refractivity contribution in [3.05, 3.63) is 62.5 Å². The molecule has 3 aromatic rings. The third-order valence-electron chi connectivity index (χ3n) is 10.3. The van der Waals surface area contributed by atoms with Crippen molar-refractivity contribution >= 4 is 60.3 Å². The number of likely N-dealkylation sites (tertiary alicyclic amines) is 1. The zero-order chi connectivity index (χ0) is 32.3. The van der Waals surface area contributed by atoms with Crippen LogP contribution in [0.4, 0.5) is 10.5 Å². The van der Waals surface area contributed by atoms with E-state index in [-0.39, 0.29) is 29.6 Å². The lowest BCUT2D eigenvalue weighted by molar-refractivity contribution is -0.133. The molecule has 4 aliphatic heterocycles. The minimum atomic E-state index is -0.946. The van der Waals surface area contributed by atoms with E-state index in [1.807, 2.05) is 31.1 Å². The molecule has 4 heterocycles. The molecule has 4 aliphatic rings. The number of carbonyl (C=O) groups excluding carboxylic acids is 2. The van der Waals surface area contributed by atoms with E-state index < -0.39 is 5.54 Å². The topological polar surface area (TPSA) is 89.0 Å². The average Bonchev–Trinajstić information content (AvgIpc) is 3.64. The van der Waals surface area contributed by atoms with Crippen molar-refractivity contribution in [2.24, 2.45) is 5.92 Å². The molecule has 0 saturated carbocycles. The van der Waals surface area contributed by atoms with Crippen LogP contribution in [-0.2, 0) is 16.1 Å². The normalized spacial score (nSPS) is 25.1. The Labute approximate surface area is 286 Å². The minimum absolute atomic E-state index is 0.0315. The van der Waals surface area contributed by atoms with Crippen LogP contribution < -0.4 is 9.64 Å². The van der Waals surface area contributed by atoms with Crippen molar-refractivity contribution in [3.8, 4) is 11.5 Å². The number of urea groups is 1. The van der Waals surface area contributed by atoms with Gasteiger partial charge >= 0.3 is 6.03 Å². The number of aromatic hydroxyl groups is 1. The van der Waals surface area contributed by atoms with Gasteiger partial charge in [0.05, 0.1) is 30.8 Å². The SMILES string of the molecule is COc1cc(CN2C[C@H]3C[C@H](c4ccc(N(C)C)c5ccccc45)N4C(=O)N(CCN5CCOCC5)C(=O)[C@]34C2)c(Br)c(Br)c1O. The van der Waals surface area contributed by atoms with Crippen molar-refractivity contribution in [1.29, 1.82) is 0 Å². The number of halogens is 2. The molecule has 1 spiro atoms.